The number of halogens is 2. The number of rotatable bonds is 9. The topological polar surface area (TPSA) is 102 Å². The third-order valence-corrected chi connectivity index (χ3v) is 8.11. The monoisotopic (exact) mass is 504 g/mol. The molecule has 1 atom stereocenters. The summed E-state index contributed by atoms with van der Waals surface area (Å²) in [6.45, 7) is 1.50. The van der Waals surface area contributed by atoms with Crippen molar-refractivity contribution in [2.45, 2.75) is 36.4 Å². The molecule has 1 amide bonds. The van der Waals surface area contributed by atoms with E-state index in [1.807, 2.05) is 6.92 Å². The lowest BCUT2D eigenvalue weighted by Crippen LogP contribution is -2.45. The average molecular weight is 506 g/mol. The van der Waals surface area contributed by atoms with Gasteiger partial charge in [0.05, 0.1) is 17.4 Å². The molecule has 24 heavy (non-hydrogen) atoms. The number of sulfonamides is 1. The maximum Gasteiger partial charge on any atom is 0.328 e. The molecule has 1 aromatic rings. The molecule has 2 N–H and O–H groups in total. The number of unbranched alkanes of at least 4 members (excludes halogenated alkanes) is 1. The summed E-state index contributed by atoms with van der Waals surface area (Å²) in [7, 11) is -2.57. The minimum absolute atomic E-state index is 0.0737. The number of ether oxygens (including phenoxy) is 1. The van der Waals surface area contributed by atoms with E-state index in [1.165, 1.54) is 13.2 Å². The third kappa shape index (κ3) is 6.43. The zero-order chi connectivity index (χ0) is 18.3. The van der Waals surface area contributed by atoms with Crippen LogP contribution in [0, 0.1) is 0 Å². The molecule has 1 unspecified atom stereocenters. The van der Waals surface area contributed by atoms with Crippen molar-refractivity contribution in [3.8, 4) is 0 Å². The minimum atomic E-state index is -3.80. The molecule has 0 aliphatic rings. The van der Waals surface area contributed by atoms with Gasteiger partial charge in [-0.05, 0) is 44.3 Å². The number of methoxy groups -OCH3 is 1. The number of nitrogens with one attached hydrogen (secondary N) is 2. The van der Waals surface area contributed by atoms with Crippen LogP contribution in [-0.2, 0) is 24.3 Å². The van der Waals surface area contributed by atoms with Gasteiger partial charge >= 0.3 is 5.97 Å². The van der Waals surface area contributed by atoms with E-state index in [4.69, 9.17) is 0 Å². The molecule has 0 radical (unpaired) electrons. The molecule has 136 valence electrons. The molecule has 7 nitrogen and oxygen atoms in total. The lowest BCUT2D eigenvalue weighted by molar-refractivity contribution is -0.145. The van der Waals surface area contributed by atoms with Crippen molar-refractivity contribution in [3.05, 3.63) is 14.3 Å². The van der Waals surface area contributed by atoms with Crippen LogP contribution in [0.5, 0.6) is 0 Å². The van der Waals surface area contributed by atoms with Crippen LogP contribution in [0.2, 0.25) is 0 Å². The second-order valence-electron chi connectivity index (χ2n) is 4.80. The maximum atomic E-state index is 12.1. The number of hydrogen-bond acceptors (Lipinski definition) is 6. The Morgan fingerprint density at radius 1 is 1.38 bits per heavy atom. The van der Waals surface area contributed by atoms with E-state index in [0.717, 1.165) is 24.2 Å². The van der Waals surface area contributed by atoms with Gasteiger partial charge in [0.2, 0.25) is 5.91 Å². The van der Waals surface area contributed by atoms with Crippen LogP contribution in [-0.4, -0.2) is 40.0 Å². The molecule has 0 aromatic carbocycles. The van der Waals surface area contributed by atoms with Crippen molar-refractivity contribution in [2.75, 3.05) is 13.7 Å². The highest BCUT2D eigenvalue weighted by atomic mass is 79.9. The van der Waals surface area contributed by atoms with Crippen molar-refractivity contribution < 1.29 is 22.7 Å². The fourth-order valence-corrected chi connectivity index (χ4v) is 5.58. The summed E-state index contributed by atoms with van der Waals surface area (Å²) in [5.74, 6) is -1.15. The number of hydrogen-bond donors (Lipinski definition) is 2. The number of carbonyl (C=O) groups excluding carboxylic acids is 2. The van der Waals surface area contributed by atoms with Gasteiger partial charge in [0, 0.05) is 4.47 Å². The Kier molecular flexibility index (Phi) is 8.85. The summed E-state index contributed by atoms with van der Waals surface area (Å²) >= 11 is 7.45. The van der Waals surface area contributed by atoms with Crippen LogP contribution in [0.1, 0.15) is 26.2 Å². The minimum Gasteiger partial charge on any atom is -0.467 e. The molecule has 1 heterocycles. The quantitative estimate of drug-likeness (QED) is 0.502. The first-order valence-corrected chi connectivity index (χ1v) is 10.9. The Labute approximate surface area is 161 Å². The highest BCUT2D eigenvalue weighted by molar-refractivity contribution is 9.13. The smallest absolute Gasteiger partial charge is 0.328 e. The van der Waals surface area contributed by atoms with Crippen molar-refractivity contribution >= 4 is 65.1 Å². The Hall–Kier alpha value is -0.490. The van der Waals surface area contributed by atoms with Crippen LogP contribution in [0.15, 0.2) is 18.5 Å². The lowest BCUT2D eigenvalue weighted by atomic mass is 10.1. The highest BCUT2D eigenvalue weighted by Gasteiger charge is 2.23. The Morgan fingerprint density at radius 2 is 2.04 bits per heavy atom. The molecule has 1 aromatic heterocycles. The summed E-state index contributed by atoms with van der Waals surface area (Å²) in [4.78, 5) is 23.6. The van der Waals surface area contributed by atoms with Gasteiger partial charge in [-0.15, -0.1) is 11.3 Å². The van der Waals surface area contributed by atoms with Crippen molar-refractivity contribution in [1.29, 1.82) is 0 Å². The van der Waals surface area contributed by atoms with E-state index in [2.05, 4.69) is 46.6 Å². The third-order valence-electron chi connectivity index (χ3n) is 2.98. The standard InChI is InChI=1S/C13H18Br2N2O5S2/c1-3-4-5-9(13(19)22-2)17-10(18)7-16-24(20,21)11-6-8(14)12(15)23-11/h6,9,16H,3-5,7H2,1-2H3,(H,17,18). The summed E-state index contributed by atoms with van der Waals surface area (Å²) in [5, 5.41) is 2.49. The summed E-state index contributed by atoms with van der Waals surface area (Å²) in [5.41, 5.74) is 0. The molecule has 0 bridgehead atoms. The molecular formula is C13H18Br2N2O5S2. The number of amides is 1. The fraction of sp³-hybridized carbons (Fsp3) is 0.538. The van der Waals surface area contributed by atoms with E-state index in [-0.39, 0.29) is 4.21 Å². The van der Waals surface area contributed by atoms with E-state index < -0.39 is 34.5 Å². The second-order valence-corrected chi connectivity index (χ2v) is 10.0. The first-order valence-electron chi connectivity index (χ1n) is 7.03. The molecule has 0 aliphatic heterocycles. The summed E-state index contributed by atoms with van der Waals surface area (Å²) in [6, 6.07) is 0.657. The van der Waals surface area contributed by atoms with Gasteiger partial charge in [0.15, 0.2) is 0 Å². The molecule has 0 fully saturated rings. The molecule has 11 heteroatoms. The van der Waals surface area contributed by atoms with Crippen molar-refractivity contribution in [1.82, 2.24) is 10.0 Å². The van der Waals surface area contributed by atoms with Gasteiger partial charge in [-0.3, -0.25) is 4.79 Å². The normalized spacial score (nSPS) is 12.7. The zero-order valence-electron chi connectivity index (χ0n) is 13.1. The Morgan fingerprint density at radius 3 is 2.54 bits per heavy atom. The fourth-order valence-electron chi connectivity index (χ4n) is 1.74. The lowest BCUT2D eigenvalue weighted by Gasteiger charge is -2.16. The van der Waals surface area contributed by atoms with Crippen LogP contribution < -0.4 is 10.0 Å². The van der Waals surface area contributed by atoms with Gasteiger partial charge in [0.25, 0.3) is 10.0 Å². The van der Waals surface area contributed by atoms with Crippen molar-refractivity contribution in [2.24, 2.45) is 0 Å². The molecule has 1 rings (SSSR count). The van der Waals surface area contributed by atoms with E-state index >= 15 is 0 Å². The first-order chi connectivity index (χ1) is 11.2. The predicted molar refractivity (Wildman–Crippen MR) is 98.4 cm³/mol. The zero-order valence-corrected chi connectivity index (χ0v) is 17.9. The maximum absolute atomic E-state index is 12.1. The Balaban J connectivity index is 2.64. The van der Waals surface area contributed by atoms with E-state index in [0.29, 0.717) is 14.7 Å². The number of esters is 1. The average Bonchev–Trinajstić information content (AvgIpc) is 2.89. The van der Waals surface area contributed by atoms with Crippen LogP contribution in [0.4, 0.5) is 0 Å². The van der Waals surface area contributed by atoms with Crippen molar-refractivity contribution in [3.63, 3.8) is 0 Å². The van der Waals surface area contributed by atoms with Crippen LogP contribution >= 0.6 is 43.2 Å². The second kappa shape index (κ2) is 9.85. The first kappa shape index (κ1) is 21.6. The molecule has 0 aliphatic carbocycles. The van der Waals surface area contributed by atoms with Gasteiger partial charge in [-0.2, -0.15) is 0 Å². The van der Waals surface area contributed by atoms with Crippen LogP contribution in [0.3, 0.4) is 0 Å². The Bertz CT molecular complexity index is 671. The SMILES string of the molecule is CCCCC(NC(=O)CNS(=O)(=O)c1cc(Br)c(Br)s1)C(=O)OC. The van der Waals surface area contributed by atoms with Gasteiger partial charge in [0.1, 0.15) is 10.3 Å². The van der Waals surface area contributed by atoms with Gasteiger partial charge in [-0.25, -0.2) is 17.9 Å². The van der Waals surface area contributed by atoms with E-state index in [1.54, 1.807) is 0 Å². The van der Waals surface area contributed by atoms with Crippen LogP contribution in [0.25, 0.3) is 0 Å². The van der Waals surface area contributed by atoms with E-state index in [9.17, 15) is 18.0 Å². The molecular weight excluding hydrogens is 488 g/mol. The van der Waals surface area contributed by atoms with Gasteiger partial charge in [-0.1, -0.05) is 19.8 Å². The predicted octanol–water partition coefficient (Wildman–Crippen LogP) is 2.40. The summed E-state index contributed by atoms with van der Waals surface area (Å²) < 4.78 is 32.4. The summed E-state index contributed by atoms with van der Waals surface area (Å²) in [6.07, 6.45) is 2.04. The largest absolute Gasteiger partial charge is 0.467 e. The number of carbonyl (C=O) groups is 2. The molecule has 0 spiro atoms. The number of thiophene rings is 1. The molecule has 0 saturated carbocycles. The highest BCUT2D eigenvalue weighted by Crippen LogP contribution is 2.34. The van der Waals surface area contributed by atoms with Gasteiger partial charge < -0.3 is 10.1 Å². The molecule has 0 saturated heterocycles.